The van der Waals surface area contributed by atoms with E-state index in [9.17, 15) is 9.18 Å². The Balaban J connectivity index is 2.24. The standard InChI is InChI=1S/C12H11FN2O/c13-12-6-10(4-3-9(12)7-14)15-5-1-2-11(16)8-15/h3-4,6H,1-2,5,8H2. The van der Waals surface area contributed by atoms with Gasteiger partial charge in [-0.25, -0.2) is 4.39 Å². The van der Waals surface area contributed by atoms with Crippen LogP contribution in [0.1, 0.15) is 18.4 Å². The van der Waals surface area contributed by atoms with Gasteiger partial charge in [-0.3, -0.25) is 4.79 Å². The molecule has 82 valence electrons. The van der Waals surface area contributed by atoms with Gasteiger partial charge < -0.3 is 4.90 Å². The summed E-state index contributed by atoms with van der Waals surface area (Å²) in [5.41, 5.74) is 0.705. The van der Waals surface area contributed by atoms with E-state index in [0.29, 0.717) is 18.7 Å². The molecule has 1 aliphatic rings. The lowest BCUT2D eigenvalue weighted by atomic mass is 10.1. The Kier molecular flexibility index (Phi) is 2.86. The molecule has 1 saturated heterocycles. The Morgan fingerprint density at radius 3 is 2.88 bits per heavy atom. The first-order chi connectivity index (χ1) is 7.70. The molecule has 1 aliphatic heterocycles. The van der Waals surface area contributed by atoms with Crippen molar-refractivity contribution in [2.45, 2.75) is 12.8 Å². The lowest BCUT2D eigenvalue weighted by Gasteiger charge is -2.27. The summed E-state index contributed by atoms with van der Waals surface area (Å²) in [7, 11) is 0. The number of piperidine rings is 1. The van der Waals surface area contributed by atoms with Crippen molar-refractivity contribution in [1.29, 1.82) is 5.26 Å². The number of ketones is 1. The van der Waals surface area contributed by atoms with Crippen LogP contribution in [0.3, 0.4) is 0 Å². The molecule has 0 aliphatic carbocycles. The summed E-state index contributed by atoms with van der Waals surface area (Å²) in [6, 6.07) is 6.22. The van der Waals surface area contributed by atoms with Crippen molar-refractivity contribution in [2.75, 3.05) is 18.0 Å². The lowest BCUT2D eigenvalue weighted by Crippen LogP contribution is -2.35. The van der Waals surface area contributed by atoms with Crippen LogP contribution in [0, 0.1) is 17.1 Å². The normalized spacial score (nSPS) is 16.0. The Bertz CT molecular complexity index is 465. The van der Waals surface area contributed by atoms with Crippen molar-refractivity contribution in [3.63, 3.8) is 0 Å². The molecule has 0 bridgehead atoms. The number of nitrogens with zero attached hydrogens (tertiary/aromatic N) is 2. The number of Topliss-reactive ketones (excluding diaryl/α,β-unsaturated/α-hetero) is 1. The van der Waals surface area contributed by atoms with Crippen molar-refractivity contribution in [2.24, 2.45) is 0 Å². The van der Waals surface area contributed by atoms with E-state index >= 15 is 0 Å². The number of nitriles is 1. The van der Waals surface area contributed by atoms with Crippen LogP contribution in [0.15, 0.2) is 18.2 Å². The van der Waals surface area contributed by atoms with Gasteiger partial charge in [-0.05, 0) is 24.6 Å². The molecule has 4 heteroatoms. The van der Waals surface area contributed by atoms with E-state index in [0.717, 1.165) is 13.0 Å². The Labute approximate surface area is 93.1 Å². The summed E-state index contributed by atoms with van der Waals surface area (Å²) in [6.45, 7) is 1.10. The zero-order chi connectivity index (χ0) is 11.5. The zero-order valence-electron chi connectivity index (χ0n) is 8.74. The molecule has 1 heterocycles. The molecule has 0 radical (unpaired) electrons. The number of hydrogen-bond acceptors (Lipinski definition) is 3. The number of carbonyl (C=O) groups is 1. The first-order valence-corrected chi connectivity index (χ1v) is 5.17. The topological polar surface area (TPSA) is 44.1 Å². The van der Waals surface area contributed by atoms with E-state index in [2.05, 4.69) is 0 Å². The second-order valence-corrected chi connectivity index (χ2v) is 3.84. The third kappa shape index (κ3) is 2.03. The van der Waals surface area contributed by atoms with Crippen LogP contribution in [0.25, 0.3) is 0 Å². The number of anilines is 1. The first kappa shape index (κ1) is 10.6. The van der Waals surface area contributed by atoms with Gasteiger partial charge in [0.05, 0.1) is 12.1 Å². The summed E-state index contributed by atoms with van der Waals surface area (Å²) in [5, 5.41) is 8.60. The van der Waals surface area contributed by atoms with Crippen molar-refractivity contribution in [3.05, 3.63) is 29.6 Å². The van der Waals surface area contributed by atoms with Crippen molar-refractivity contribution in [1.82, 2.24) is 0 Å². The van der Waals surface area contributed by atoms with Crippen LogP contribution in [0.4, 0.5) is 10.1 Å². The minimum Gasteiger partial charge on any atom is -0.364 e. The minimum absolute atomic E-state index is 0.0343. The molecule has 0 saturated carbocycles. The van der Waals surface area contributed by atoms with Gasteiger partial charge in [0.1, 0.15) is 11.9 Å². The van der Waals surface area contributed by atoms with E-state index in [1.807, 2.05) is 4.90 Å². The summed E-state index contributed by atoms with van der Waals surface area (Å²) in [5.74, 6) is -0.353. The van der Waals surface area contributed by atoms with E-state index in [1.165, 1.54) is 12.1 Å². The SMILES string of the molecule is N#Cc1ccc(N2CCCC(=O)C2)cc1F. The molecular weight excluding hydrogens is 207 g/mol. The average molecular weight is 218 g/mol. The molecule has 0 spiro atoms. The van der Waals surface area contributed by atoms with Crippen LogP contribution in [0.5, 0.6) is 0 Å². The summed E-state index contributed by atoms with van der Waals surface area (Å²) < 4.78 is 13.4. The van der Waals surface area contributed by atoms with Gasteiger partial charge in [0.25, 0.3) is 0 Å². The third-order valence-corrected chi connectivity index (χ3v) is 2.69. The molecule has 2 rings (SSSR count). The number of hydrogen-bond donors (Lipinski definition) is 0. The van der Waals surface area contributed by atoms with E-state index in [1.54, 1.807) is 12.1 Å². The zero-order valence-corrected chi connectivity index (χ0v) is 8.74. The predicted molar refractivity (Wildman–Crippen MR) is 57.6 cm³/mol. The Hall–Kier alpha value is -1.89. The van der Waals surface area contributed by atoms with Crippen molar-refractivity contribution < 1.29 is 9.18 Å². The van der Waals surface area contributed by atoms with Crippen molar-refractivity contribution in [3.8, 4) is 6.07 Å². The number of benzene rings is 1. The molecule has 0 aromatic heterocycles. The van der Waals surface area contributed by atoms with Gasteiger partial charge in [-0.15, -0.1) is 0 Å². The molecule has 1 aromatic rings. The molecule has 1 fully saturated rings. The summed E-state index contributed by atoms with van der Waals surface area (Å²) >= 11 is 0. The highest BCUT2D eigenvalue weighted by Crippen LogP contribution is 2.21. The van der Waals surface area contributed by atoms with Crippen LogP contribution < -0.4 is 4.90 Å². The molecule has 16 heavy (non-hydrogen) atoms. The minimum atomic E-state index is -0.530. The lowest BCUT2D eigenvalue weighted by molar-refractivity contribution is -0.118. The van der Waals surface area contributed by atoms with Crippen LogP contribution in [-0.4, -0.2) is 18.9 Å². The van der Waals surface area contributed by atoms with Gasteiger partial charge in [0.15, 0.2) is 5.78 Å². The van der Waals surface area contributed by atoms with Gasteiger partial charge in [0, 0.05) is 18.7 Å². The van der Waals surface area contributed by atoms with Crippen LogP contribution >= 0.6 is 0 Å². The average Bonchev–Trinajstić information content (AvgIpc) is 2.29. The van der Waals surface area contributed by atoms with Gasteiger partial charge in [-0.2, -0.15) is 5.26 Å². The second kappa shape index (κ2) is 4.31. The first-order valence-electron chi connectivity index (χ1n) is 5.17. The Morgan fingerprint density at radius 1 is 1.44 bits per heavy atom. The maximum Gasteiger partial charge on any atom is 0.152 e. The third-order valence-electron chi connectivity index (χ3n) is 2.69. The fourth-order valence-corrected chi connectivity index (χ4v) is 1.85. The smallest absolute Gasteiger partial charge is 0.152 e. The van der Waals surface area contributed by atoms with E-state index in [-0.39, 0.29) is 11.3 Å². The quantitative estimate of drug-likeness (QED) is 0.722. The van der Waals surface area contributed by atoms with Crippen molar-refractivity contribution >= 4 is 11.5 Å². The largest absolute Gasteiger partial charge is 0.364 e. The van der Waals surface area contributed by atoms with Crippen LogP contribution in [-0.2, 0) is 4.79 Å². The highest BCUT2D eigenvalue weighted by Gasteiger charge is 2.17. The molecule has 0 unspecified atom stereocenters. The summed E-state index contributed by atoms with van der Waals surface area (Å²) in [4.78, 5) is 13.1. The predicted octanol–water partition coefficient (Wildman–Crippen LogP) is 1.87. The fraction of sp³-hybridized carbons (Fsp3) is 0.333. The highest BCUT2D eigenvalue weighted by atomic mass is 19.1. The molecule has 0 amide bonds. The number of halogens is 1. The van der Waals surface area contributed by atoms with E-state index < -0.39 is 5.82 Å². The fourth-order valence-electron chi connectivity index (χ4n) is 1.85. The van der Waals surface area contributed by atoms with Gasteiger partial charge >= 0.3 is 0 Å². The molecule has 3 nitrogen and oxygen atoms in total. The van der Waals surface area contributed by atoms with Gasteiger partial charge in [0.2, 0.25) is 0 Å². The number of carbonyl (C=O) groups excluding carboxylic acids is 1. The monoisotopic (exact) mass is 218 g/mol. The maximum absolute atomic E-state index is 13.4. The molecule has 1 aromatic carbocycles. The molecule has 0 N–H and O–H groups in total. The molecular formula is C12H11FN2O. The van der Waals surface area contributed by atoms with E-state index in [4.69, 9.17) is 5.26 Å². The summed E-state index contributed by atoms with van der Waals surface area (Å²) in [6.07, 6.45) is 1.41. The molecule has 0 atom stereocenters. The number of rotatable bonds is 1. The van der Waals surface area contributed by atoms with Gasteiger partial charge in [-0.1, -0.05) is 0 Å². The maximum atomic E-state index is 13.4. The second-order valence-electron chi connectivity index (χ2n) is 3.84. The Morgan fingerprint density at radius 2 is 2.25 bits per heavy atom. The highest BCUT2D eigenvalue weighted by molar-refractivity contribution is 5.84. The van der Waals surface area contributed by atoms with Crippen LogP contribution in [0.2, 0.25) is 0 Å².